The molecule has 0 saturated heterocycles. The number of ether oxygens (including phenoxy) is 1. The molecule has 0 spiro atoms. The third kappa shape index (κ3) is 3.46. The normalized spacial score (nSPS) is 13.5. The third-order valence-corrected chi connectivity index (χ3v) is 4.35. The lowest BCUT2D eigenvalue weighted by Crippen LogP contribution is -2.36. The number of carbonyl (C=O) groups excluding carboxylic acids is 1. The molecule has 0 fully saturated rings. The number of halogens is 2. The molecular weight excluding hydrogens is 331 g/mol. The van der Waals surface area contributed by atoms with Gasteiger partial charge in [-0.1, -0.05) is 17.7 Å². The summed E-state index contributed by atoms with van der Waals surface area (Å²) in [6.45, 7) is 0.852. The number of anilines is 2. The van der Waals surface area contributed by atoms with Gasteiger partial charge in [0.2, 0.25) is 5.91 Å². The SMILES string of the molecule is Nc1cccc2c1CCCN2C(=O)CCOc1ccc(F)cc1Cl. The second-order valence-corrected chi connectivity index (χ2v) is 6.07. The first-order valence-electron chi connectivity index (χ1n) is 7.82. The molecule has 1 heterocycles. The van der Waals surface area contributed by atoms with Crippen molar-refractivity contribution in [2.75, 3.05) is 23.8 Å². The summed E-state index contributed by atoms with van der Waals surface area (Å²) in [5, 5.41) is 0.193. The molecule has 24 heavy (non-hydrogen) atoms. The highest BCUT2D eigenvalue weighted by atomic mass is 35.5. The fourth-order valence-corrected chi connectivity index (χ4v) is 3.11. The van der Waals surface area contributed by atoms with E-state index in [4.69, 9.17) is 22.1 Å². The zero-order valence-corrected chi connectivity index (χ0v) is 13.9. The zero-order chi connectivity index (χ0) is 17.1. The molecule has 126 valence electrons. The van der Waals surface area contributed by atoms with E-state index >= 15 is 0 Å². The molecule has 0 atom stereocenters. The summed E-state index contributed by atoms with van der Waals surface area (Å²) in [5.41, 5.74) is 8.63. The minimum atomic E-state index is -0.425. The van der Waals surface area contributed by atoms with Gasteiger partial charge in [-0.25, -0.2) is 4.39 Å². The Morgan fingerprint density at radius 1 is 1.33 bits per heavy atom. The number of nitrogens with zero attached hydrogens (tertiary/aromatic N) is 1. The monoisotopic (exact) mass is 348 g/mol. The van der Waals surface area contributed by atoms with Crippen LogP contribution in [0.4, 0.5) is 15.8 Å². The number of nitrogen functional groups attached to an aromatic ring is 1. The number of fused-ring (bicyclic) bond motifs is 1. The molecule has 1 amide bonds. The highest BCUT2D eigenvalue weighted by Gasteiger charge is 2.23. The fourth-order valence-electron chi connectivity index (χ4n) is 2.89. The van der Waals surface area contributed by atoms with Gasteiger partial charge < -0.3 is 15.4 Å². The highest BCUT2D eigenvalue weighted by Crippen LogP contribution is 2.31. The van der Waals surface area contributed by atoms with E-state index in [1.54, 1.807) is 4.90 Å². The van der Waals surface area contributed by atoms with Crippen LogP contribution in [0.3, 0.4) is 0 Å². The average molecular weight is 349 g/mol. The van der Waals surface area contributed by atoms with Gasteiger partial charge in [-0.3, -0.25) is 4.79 Å². The Bertz CT molecular complexity index is 767. The molecule has 2 aromatic carbocycles. The molecular formula is C18H18ClFN2O2. The van der Waals surface area contributed by atoms with E-state index in [1.807, 2.05) is 18.2 Å². The summed E-state index contributed by atoms with van der Waals surface area (Å²) in [6.07, 6.45) is 1.98. The van der Waals surface area contributed by atoms with Crippen molar-refractivity contribution in [3.8, 4) is 5.75 Å². The largest absolute Gasteiger partial charge is 0.491 e. The molecule has 4 nitrogen and oxygen atoms in total. The summed E-state index contributed by atoms with van der Waals surface area (Å²) in [6, 6.07) is 9.54. The number of amides is 1. The van der Waals surface area contributed by atoms with Crippen LogP contribution in [0.15, 0.2) is 36.4 Å². The lowest BCUT2D eigenvalue weighted by molar-refractivity contribution is -0.119. The second kappa shape index (κ2) is 7.09. The molecule has 3 rings (SSSR count). The van der Waals surface area contributed by atoms with Gasteiger partial charge in [-0.05, 0) is 48.7 Å². The second-order valence-electron chi connectivity index (χ2n) is 5.67. The standard InChI is InChI=1S/C18H18ClFN2O2/c19-14-11-12(20)6-7-17(14)24-10-8-18(23)22-9-2-3-13-15(21)4-1-5-16(13)22/h1,4-7,11H,2-3,8-10,21H2. The van der Waals surface area contributed by atoms with Crippen molar-refractivity contribution in [2.45, 2.75) is 19.3 Å². The average Bonchev–Trinajstić information content (AvgIpc) is 2.56. The number of hydrogen-bond donors (Lipinski definition) is 1. The molecule has 0 saturated carbocycles. The Balaban J connectivity index is 1.63. The van der Waals surface area contributed by atoms with E-state index in [-0.39, 0.29) is 24.0 Å². The molecule has 0 radical (unpaired) electrons. The Labute approximate surface area is 145 Å². The van der Waals surface area contributed by atoms with Gasteiger partial charge in [-0.15, -0.1) is 0 Å². The van der Waals surface area contributed by atoms with E-state index in [0.717, 1.165) is 29.8 Å². The van der Waals surface area contributed by atoms with Crippen molar-refractivity contribution in [2.24, 2.45) is 0 Å². The maximum Gasteiger partial charge on any atom is 0.230 e. The maximum absolute atomic E-state index is 13.0. The van der Waals surface area contributed by atoms with Crippen molar-refractivity contribution in [3.63, 3.8) is 0 Å². The van der Waals surface area contributed by atoms with Crippen LogP contribution in [-0.4, -0.2) is 19.1 Å². The van der Waals surface area contributed by atoms with Gasteiger partial charge in [-0.2, -0.15) is 0 Å². The lowest BCUT2D eigenvalue weighted by atomic mass is 9.99. The first-order valence-corrected chi connectivity index (χ1v) is 8.19. The minimum Gasteiger partial charge on any atom is -0.491 e. The number of benzene rings is 2. The highest BCUT2D eigenvalue weighted by molar-refractivity contribution is 6.32. The summed E-state index contributed by atoms with van der Waals surface area (Å²) >= 11 is 5.90. The first-order chi connectivity index (χ1) is 11.6. The molecule has 2 N–H and O–H groups in total. The van der Waals surface area contributed by atoms with Crippen molar-refractivity contribution < 1.29 is 13.9 Å². The van der Waals surface area contributed by atoms with Gasteiger partial charge in [0, 0.05) is 17.9 Å². The maximum atomic E-state index is 13.0. The van der Waals surface area contributed by atoms with Crippen molar-refractivity contribution >= 4 is 28.9 Å². The fraction of sp³-hybridized carbons (Fsp3) is 0.278. The minimum absolute atomic E-state index is 0.0280. The summed E-state index contributed by atoms with van der Waals surface area (Å²) in [5.74, 6) is -0.0834. The molecule has 0 unspecified atom stereocenters. The van der Waals surface area contributed by atoms with Crippen LogP contribution in [0.1, 0.15) is 18.4 Å². The van der Waals surface area contributed by atoms with Crippen molar-refractivity contribution in [1.82, 2.24) is 0 Å². The Morgan fingerprint density at radius 2 is 2.17 bits per heavy atom. The molecule has 1 aliphatic rings. The number of carbonyl (C=O) groups is 1. The van der Waals surface area contributed by atoms with E-state index in [9.17, 15) is 9.18 Å². The number of nitrogens with two attached hydrogens (primary N) is 1. The van der Waals surface area contributed by atoms with E-state index in [0.29, 0.717) is 12.3 Å². The smallest absolute Gasteiger partial charge is 0.230 e. The zero-order valence-electron chi connectivity index (χ0n) is 13.1. The van der Waals surface area contributed by atoms with Crippen molar-refractivity contribution in [1.29, 1.82) is 0 Å². The van der Waals surface area contributed by atoms with Crippen LogP contribution >= 0.6 is 11.6 Å². The molecule has 1 aliphatic heterocycles. The van der Waals surface area contributed by atoms with Crippen LogP contribution < -0.4 is 15.4 Å². The molecule has 6 heteroatoms. The van der Waals surface area contributed by atoms with Crippen LogP contribution in [0.2, 0.25) is 5.02 Å². The van der Waals surface area contributed by atoms with Crippen LogP contribution in [0.25, 0.3) is 0 Å². The predicted molar refractivity (Wildman–Crippen MR) is 93.1 cm³/mol. The van der Waals surface area contributed by atoms with Crippen molar-refractivity contribution in [3.05, 3.63) is 52.8 Å². The Morgan fingerprint density at radius 3 is 2.96 bits per heavy atom. The third-order valence-electron chi connectivity index (χ3n) is 4.06. The number of hydrogen-bond acceptors (Lipinski definition) is 3. The molecule has 2 aromatic rings. The lowest BCUT2D eigenvalue weighted by Gasteiger charge is -2.30. The molecule has 0 bridgehead atoms. The summed E-state index contributed by atoms with van der Waals surface area (Å²) in [7, 11) is 0. The van der Waals surface area contributed by atoms with Gasteiger partial charge in [0.25, 0.3) is 0 Å². The first kappa shape index (κ1) is 16.6. The van der Waals surface area contributed by atoms with E-state index in [2.05, 4.69) is 0 Å². The number of rotatable bonds is 4. The van der Waals surface area contributed by atoms with Gasteiger partial charge in [0.05, 0.1) is 18.1 Å². The predicted octanol–water partition coefficient (Wildman–Crippen LogP) is 3.81. The quantitative estimate of drug-likeness (QED) is 0.855. The van der Waals surface area contributed by atoms with Gasteiger partial charge in [0.15, 0.2) is 0 Å². The van der Waals surface area contributed by atoms with Gasteiger partial charge >= 0.3 is 0 Å². The topological polar surface area (TPSA) is 55.6 Å². The van der Waals surface area contributed by atoms with Crippen LogP contribution in [0, 0.1) is 5.82 Å². The van der Waals surface area contributed by atoms with Crippen LogP contribution in [0.5, 0.6) is 5.75 Å². The van der Waals surface area contributed by atoms with Gasteiger partial charge in [0.1, 0.15) is 11.6 Å². The van der Waals surface area contributed by atoms with E-state index < -0.39 is 5.82 Å². The van der Waals surface area contributed by atoms with Crippen LogP contribution in [-0.2, 0) is 11.2 Å². The summed E-state index contributed by atoms with van der Waals surface area (Å²) < 4.78 is 18.5. The van der Waals surface area contributed by atoms with E-state index in [1.165, 1.54) is 18.2 Å². The Kier molecular flexibility index (Phi) is 4.90. The Hall–Kier alpha value is -2.27. The molecule has 0 aliphatic carbocycles. The summed E-state index contributed by atoms with van der Waals surface area (Å²) in [4.78, 5) is 14.3. The molecule has 0 aromatic heterocycles.